The fourth-order valence-corrected chi connectivity index (χ4v) is 0. The fraction of sp³-hybridized carbons (Fsp3) is 0. The van der Waals surface area contributed by atoms with Gasteiger partial charge in [-0.05, 0) is 0 Å². The normalized spacial score (nSPS) is 0. The molecule has 12 valence electrons. The molecule has 0 bridgehead atoms. The van der Waals surface area contributed by atoms with Crippen molar-refractivity contribution < 1.29 is 0 Å². The summed E-state index contributed by atoms with van der Waals surface area (Å²) < 4.78 is 0. The third kappa shape index (κ3) is 10.7. The van der Waals surface area contributed by atoms with Crippen molar-refractivity contribution >= 4 is 178 Å². The first-order valence-corrected chi connectivity index (χ1v) is 0. The Morgan fingerprint density at radius 2 is 0.500 bits per heavy atom. The maximum absolute atomic E-state index is 0. The van der Waals surface area contributed by atoms with Crippen LogP contribution in [0.25, 0.3) is 0 Å². The van der Waals surface area contributed by atoms with E-state index in [1.807, 2.05) is 0 Å². The van der Waals surface area contributed by atoms with Crippen LogP contribution >= 0.6 is 0 Å². The molecule has 0 unspecified atom stereocenters. The molecule has 0 heterocycles. The summed E-state index contributed by atoms with van der Waals surface area (Å²) in [4.78, 5) is 0. The van der Waals surface area contributed by atoms with Crippen LogP contribution in [0.5, 0.6) is 0 Å². The van der Waals surface area contributed by atoms with Gasteiger partial charge in [0.15, 0.2) is 0 Å². The molecule has 0 aliphatic rings. The number of rotatable bonds is 0. The van der Waals surface area contributed by atoms with Gasteiger partial charge in [-0.3, -0.25) is 0 Å². The molecule has 0 rings (SSSR count). The predicted molar refractivity (Wildman–Crippen MR) is 31.4 cm³/mol. The molecule has 0 N–H and O–H groups in total. The van der Waals surface area contributed by atoms with Crippen LogP contribution in [0.2, 0.25) is 0 Å². The van der Waals surface area contributed by atoms with Crippen LogP contribution in [0.1, 0.15) is 0 Å². The van der Waals surface area contributed by atoms with Crippen LogP contribution in [0.15, 0.2) is 0 Å². The van der Waals surface area contributed by atoms with Crippen LogP contribution in [-0.4, -0.2) is 178 Å². The Labute approximate surface area is 171 Å². The number of hydrogen-bond acceptors (Lipinski definition) is 0. The van der Waals surface area contributed by atoms with E-state index in [1.165, 1.54) is 0 Å². The van der Waals surface area contributed by atoms with Gasteiger partial charge in [-0.25, -0.2) is 0 Å². The summed E-state index contributed by atoms with van der Waals surface area (Å²) in [6.45, 7) is 0. The topological polar surface area (TPSA) is 0 Å². The molecule has 0 radical (unpaired) electrons. The van der Waals surface area contributed by atoms with E-state index in [0.29, 0.717) is 0 Å². The Bertz CT molecular complexity index is 4.00. The maximum atomic E-state index is 0. The van der Waals surface area contributed by atoms with Crippen LogP contribution < -0.4 is 0 Å². The summed E-state index contributed by atoms with van der Waals surface area (Å²) in [6.07, 6.45) is 0. The molecule has 0 aromatic heterocycles. The molecule has 0 saturated carbocycles. The second kappa shape index (κ2) is 15.9. The standard InChI is InChI=1S/2Ca.2K.6H. The Balaban J connectivity index is 0. The first-order chi connectivity index (χ1) is 0. The summed E-state index contributed by atoms with van der Waals surface area (Å²) >= 11 is 0. The molecule has 0 aliphatic carbocycles. The van der Waals surface area contributed by atoms with E-state index >= 15 is 0 Å². The molecule has 0 aliphatic heterocycles. The summed E-state index contributed by atoms with van der Waals surface area (Å²) in [5.41, 5.74) is 0. The molecule has 4 heteroatoms. The second-order valence-corrected chi connectivity index (χ2v) is 0. The van der Waals surface area contributed by atoms with Crippen molar-refractivity contribution in [2.45, 2.75) is 0 Å². The van der Waals surface area contributed by atoms with Gasteiger partial charge in [0.05, 0.1) is 0 Å². The van der Waals surface area contributed by atoms with Gasteiger partial charge < -0.3 is 0 Å². The van der Waals surface area contributed by atoms with Crippen LogP contribution in [0.3, 0.4) is 0 Å². The molecule has 0 aromatic carbocycles. The van der Waals surface area contributed by atoms with Crippen molar-refractivity contribution in [3.63, 3.8) is 0 Å². The van der Waals surface area contributed by atoms with Crippen molar-refractivity contribution in [3.05, 3.63) is 0 Å². The Morgan fingerprint density at radius 3 is 0.500 bits per heavy atom. The van der Waals surface area contributed by atoms with Gasteiger partial charge in [0.2, 0.25) is 0 Å². The molecule has 4 heavy (non-hydrogen) atoms. The van der Waals surface area contributed by atoms with E-state index in [4.69, 9.17) is 0 Å². The van der Waals surface area contributed by atoms with Gasteiger partial charge in [-0.1, -0.05) is 0 Å². The van der Waals surface area contributed by atoms with Gasteiger partial charge in [0.25, 0.3) is 0 Å². The summed E-state index contributed by atoms with van der Waals surface area (Å²) in [7, 11) is 0. The zero-order valence-electron chi connectivity index (χ0n) is 0. The van der Waals surface area contributed by atoms with E-state index in [1.54, 1.807) is 0 Å². The Morgan fingerprint density at radius 1 is 0.500 bits per heavy atom. The molecular weight excluding hydrogens is 158 g/mol. The van der Waals surface area contributed by atoms with E-state index < -0.39 is 0 Å². The van der Waals surface area contributed by atoms with E-state index in [-0.39, 0.29) is 178 Å². The molecule has 0 nitrogen and oxygen atoms in total. The van der Waals surface area contributed by atoms with Crippen molar-refractivity contribution in [2.75, 3.05) is 0 Å². The Kier molecular flexibility index (Phi) is 89.8. The quantitative estimate of drug-likeness (QED) is 0.332. The molecule has 0 saturated heterocycles. The van der Waals surface area contributed by atoms with Gasteiger partial charge in [-0.2, -0.15) is 0 Å². The minimum absolute atomic E-state index is 0. The van der Waals surface area contributed by atoms with Crippen molar-refractivity contribution in [1.82, 2.24) is 0 Å². The van der Waals surface area contributed by atoms with Crippen molar-refractivity contribution in [2.24, 2.45) is 0 Å². The molecule has 0 spiro atoms. The molecule has 0 fully saturated rings. The van der Waals surface area contributed by atoms with Gasteiger partial charge in [0, 0.05) is 0 Å². The average molecular weight is 164 g/mol. The third-order valence-corrected chi connectivity index (χ3v) is 0. The summed E-state index contributed by atoms with van der Waals surface area (Å²) in [6, 6.07) is 0. The summed E-state index contributed by atoms with van der Waals surface area (Å²) in [5.74, 6) is 0. The Hall–Kier alpha value is 5.79. The van der Waals surface area contributed by atoms with E-state index in [0.717, 1.165) is 0 Å². The first kappa shape index (κ1) is 22.6. The second-order valence-electron chi connectivity index (χ2n) is 0. The molecular formula is H6Ca2K2. The monoisotopic (exact) mass is 164 g/mol. The minimum atomic E-state index is 0. The average Bonchev–Trinajstić information content (AvgIpc) is 0. The first-order valence-electron chi connectivity index (χ1n) is 0. The number of hydrogen-bond donors (Lipinski definition) is 0. The van der Waals surface area contributed by atoms with Crippen LogP contribution in [0, 0.1) is 0 Å². The third-order valence-electron chi connectivity index (χ3n) is 0. The molecule has 0 amide bonds. The van der Waals surface area contributed by atoms with E-state index in [2.05, 4.69) is 0 Å². The van der Waals surface area contributed by atoms with Crippen molar-refractivity contribution in [3.8, 4) is 0 Å². The van der Waals surface area contributed by atoms with Crippen LogP contribution in [-0.2, 0) is 0 Å². The van der Waals surface area contributed by atoms with E-state index in [9.17, 15) is 0 Å². The van der Waals surface area contributed by atoms with Crippen LogP contribution in [0.4, 0.5) is 0 Å². The summed E-state index contributed by atoms with van der Waals surface area (Å²) in [5, 5.41) is 0. The zero-order chi connectivity index (χ0) is 0. The zero-order valence-corrected chi connectivity index (χ0v) is 0. The fourth-order valence-electron chi connectivity index (χ4n) is 0. The van der Waals surface area contributed by atoms with Gasteiger partial charge in [0.1, 0.15) is 0 Å². The van der Waals surface area contributed by atoms with Gasteiger partial charge in [-0.15, -0.1) is 0 Å². The molecule has 0 aromatic rings. The predicted octanol–water partition coefficient (Wildman–Crippen LogP) is -3.13. The molecule has 0 atom stereocenters. The van der Waals surface area contributed by atoms with Crippen molar-refractivity contribution in [1.29, 1.82) is 0 Å². The van der Waals surface area contributed by atoms with Gasteiger partial charge >= 0.3 is 178 Å². The SMILES string of the molecule is [CaH2].[CaH2].[KH].[KH].